The predicted molar refractivity (Wildman–Crippen MR) is 52.0 cm³/mol. The van der Waals surface area contributed by atoms with Crippen LogP contribution in [0, 0.1) is 0 Å². The molecule has 1 aliphatic heterocycles. The highest BCUT2D eigenvalue weighted by Crippen LogP contribution is 2.20. The molecule has 1 aliphatic rings. The van der Waals surface area contributed by atoms with Crippen molar-refractivity contribution in [2.24, 2.45) is 0 Å². The van der Waals surface area contributed by atoms with E-state index in [-0.39, 0.29) is 5.78 Å². The molecule has 4 heteroatoms. The monoisotopic (exact) mass is 192 g/mol. The van der Waals surface area contributed by atoms with E-state index in [0.717, 1.165) is 17.7 Å². The number of anilines is 1. The Morgan fingerprint density at radius 1 is 1.64 bits per heavy atom. The summed E-state index contributed by atoms with van der Waals surface area (Å²) in [6.45, 7) is 2.70. The number of carbonyl (C=O) groups excluding carboxylic acids is 1. The summed E-state index contributed by atoms with van der Waals surface area (Å²) >= 11 is 0. The topological polar surface area (TPSA) is 65.2 Å². The molecule has 0 bridgehead atoms. The van der Waals surface area contributed by atoms with Crippen LogP contribution < -0.4 is 5.73 Å². The molecule has 1 aromatic rings. The van der Waals surface area contributed by atoms with Gasteiger partial charge in [-0.25, -0.2) is 4.98 Å². The second kappa shape index (κ2) is 3.38. The maximum atomic E-state index is 11.2. The summed E-state index contributed by atoms with van der Waals surface area (Å²) < 4.78 is 5.28. The molecule has 14 heavy (non-hydrogen) atoms. The van der Waals surface area contributed by atoms with Gasteiger partial charge in [-0.1, -0.05) is 0 Å². The van der Waals surface area contributed by atoms with Gasteiger partial charge in [-0.2, -0.15) is 0 Å². The molecule has 0 saturated heterocycles. The zero-order valence-electron chi connectivity index (χ0n) is 8.04. The largest absolute Gasteiger partial charge is 0.383 e. The summed E-state index contributed by atoms with van der Waals surface area (Å²) in [4.78, 5) is 15.4. The second-order valence-electron chi connectivity index (χ2n) is 3.39. The first-order valence-corrected chi connectivity index (χ1v) is 4.55. The summed E-state index contributed by atoms with van der Waals surface area (Å²) in [6, 6.07) is 1.79. The van der Waals surface area contributed by atoms with Gasteiger partial charge in [0.15, 0.2) is 5.78 Å². The number of ether oxygens (including phenoxy) is 1. The van der Waals surface area contributed by atoms with Gasteiger partial charge in [0, 0.05) is 12.0 Å². The van der Waals surface area contributed by atoms with Crippen molar-refractivity contribution in [1.29, 1.82) is 0 Å². The maximum Gasteiger partial charge on any atom is 0.163 e. The molecule has 0 saturated carbocycles. The summed E-state index contributed by atoms with van der Waals surface area (Å²) in [5.74, 6) is 0.279. The van der Waals surface area contributed by atoms with Gasteiger partial charge in [0.05, 0.1) is 24.5 Å². The Morgan fingerprint density at radius 3 is 3.14 bits per heavy atom. The van der Waals surface area contributed by atoms with Crippen molar-refractivity contribution >= 4 is 11.6 Å². The van der Waals surface area contributed by atoms with Gasteiger partial charge >= 0.3 is 0 Å². The van der Waals surface area contributed by atoms with E-state index in [1.165, 1.54) is 6.92 Å². The van der Waals surface area contributed by atoms with Gasteiger partial charge in [0.1, 0.15) is 5.82 Å². The lowest BCUT2D eigenvalue weighted by molar-refractivity contribution is 0.101. The van der Waals surface area contributed by atoms with E-state index in [9.17, 15) is 4.79 Å². The molecule has 0 radical (unpaired) electrons. The highest BCUT2D eigenvalue weighted by molar-refractivity contribution is 5.98. The van der Waals surface area contributed by atoms with Gasteiger partial charge in [0.25, 0.3) is 0 Å². The van der Waals surface area contributed by atoms with Crippen LogP contribution in [0.4, 0.5) is 5.82 Å². The van der Waals surface area contributed by atoms with E-state index in [1.54, 1.807) is 6.07 Å². The van der Waals surface area contributed by atoms with Crippen LogP contribution >= 0.6 is 0 Å². The summed E-state index contributed by atoms with van der Waals surface area (Å²) in [7, 11) is 0. The van der Waals surface area contributed by atoms with Crippen LogP contribution in [0.15, 0.2) is 6.07 Å². The molecule has 4 nitrogen and oxygen atoms in total. The molecule has 0 unspecified atom stereocenters. The van der Waals surface area contributed by atoms with Crippen LogP contribution in [-0.4, -0.2) is 17.4 Å². The van der Waals surface area contributed by atoms with Crippen molar-refractivity contribution in [3.8, 4) is 0 Å². The maximum absolute atomic E-state index is 11.2. The number of nitrogens with zero attached hydrogens (tertiary/aromatic N) is 1. The SMILES string of the molecule is CC(=O)c1cc2c(nc1N)CCOC2. The van der Waals surface area contributed by atoms with Gasteiger partial charge < -0.3 is 10.5 Å². The molecule has 0 aliphatic carbocycles. The van der Waals surface area contributed by atoms with E-state index in [4.69, 9.17) is 10.5 Å². The molecule has 0 fully saturated rings. The van der Waals surface area contributed by atoms with Crippen molar-refractivity contribution < 1.29 is 9.53 Å². The van der Waals surface area contributed by atoms with Crippen molar-refractivity contribution in [2.75, 3.05) is 12.3 Å². The van der Waals surface area contributed by atoms with Crippen LogP contribution in [0.3, 0.4) is 0 Å². The molecule has 0 atom stereocenters. The minimum Gasteiger partial charge on any atom is -0.383 e. The fourth-order valence-electron chi connectivity index (χ4n) is 1.58. The number of hydrogen-bond donors (Lipinski definition) is 1. The lowest BCUT2D eigenvalue weighted by atomic mass is 10.0. The van der Waals surface area contributed by atoms with Crippen LogP contribution in [-0.2, 0) is 17.8 Å². The summed E-state index contributed by atoms with van der Waals surface area (Å²) in [6.07, 6.45) is 0.776. The highest BCUT2D eigenvalue weighted by Gasteiger charge is 2.15. The third-order valence-electron chi connectivity index (χ3n) is 2.34. The molecule has 0 spiro atoms. The quantitative estimate of drug-likeness (QED) is 0.672. The standard InChI is InChI=1S/C10H12N2O2/c1-6(13)8-4-7-5-14-3-2-9(7)12-10(8)11/h4H,2-3,5H2,1H3,(H2,11,12). The molecule has 0 amide bonds. The first-order chi connectivity index (χ1) is 6.68. The van der Waals surface area contributed by atoms with Crippen molar-refractivity contribution in [2.45, 2.75) is 20.0 Å². The Labute approximate surface area is 82.1 Å². The lowest BCUT2D eigenvalue weighted by Gasteiger charge is -2.16. The van der Waals surface area contributed by atoms with E-state index in [2.05, 4.69) is 4.98 Å². The minimum absolute atomic E-state index is 0.0524. The molecule has 2 rings (SSSR count). The number of fused-ring (bicyclic) bond motifs is 1. The number of carbonyl (C=O) groups is 1. The number of Topliss-reactive ketones (excluding diaryl/α,β-unsaturated/α-hetero) is 1. The van der Waals surface area contributed by atoms with E-state index >= 15 is 0 Å². The third-order valence-corrected chi connectivity index (χ3v) is 2.34. The molecular formula is C10H12N2O2. The molecule has 74 valence electrons. The average molecular weight is 192 g/mol. The van der Waals surface area contributed by atoms with Crippen molar-refractivity contribution in [1.82, 2.24) is 4.98 Å². The molecule has 1 aromatic heterocycles. The number of hydrogen-bond acceptors (Lipinski definition) is 4. The number of nitrogen functional groups attached to an aromatic ring is 1. The van der Waals surface area contributed by atoms with E-state index in [0.29, 0.717) is 24.6 Å². The van der Waals surface area contributed by atoms with Crippen molar-refractivity contribution in [3.63, 3.8) is 0 Å². The Kier molecular flexibility index (Phi) is 2.21. The number of pyridine rings is 1. The summed E-state index contributed by atoms with van der Waals surface area (Å²) in [5.41, 5.74) is 8.11. The molecule has 2 heterocycles. The van der Waals surface area contributed by atoms with Gasteiger partial charge in [-0.05, 0) is 13.0 Å². The molecule has 2 N–H and O–H groups in total. The minimum atomic E-state index is -0.0524. The fraction of sp³-hybridized carbons (Fsp3) is 0.400. The Balaban J connectivity index is 2.50. The zero-order chi connectivity index (χ0) is 10.1. The number of rotatable bonds is 1. The van der Waals surface area contributed by atoms with Crippen LogP contribution in [0.1, 0.15) is 28.5 Å². The number of ketones is 1. The Hall–Kier alpha value is -1.42. The fourth-order valence-corrected chi connectivity index (χ4v) is 1.58. The van der Waals surface area contributed by atoms with Crippen LogP contribution in [0.2, 0.25) is 0 Å². The smallest absolute Gasteiger partial charge is 0.163 e. The van der Waals surface area contributed by atoms with Crippen LogP contribution in [0.25, 0.3) is 0 Å². The summed E-state index contributed by atoms with van der Waals surface area (Å²) in [5, 5.41) is 0. The molecular weight excluding hydrogens is 180 g/mol. The zero-order valence-corrected chi connectivity index (χ0v) is 8.04. The number of nitrogens with two attached hydrogens (primary N) is 1. The highest BCUT2D eigenvalue weighted by atomic mass is 16.5. The van der Waals surface area contributed by atoms with Crippen molar-refractivity contribution in [3.05, 3.63) is 22.9 Å². The Morgan fingerprint density at radius 2 is 2.43 bits per heavy atom. The van der Waals surface area contributed by atoms with Gasteiger partial charge in [0.2, 0.25) is 0 Å². The second-order valence-corrected chi connectivity index (χ2v) is 3.39. The Bertz CT molecular complexity index is 388. The van der Waals surface area contributed by atoms with Crippen LogP contribution in [0.5, 0.6) is 0 Å². The normalized spacial score (nSPS) is 14.9. The van der Waals surface area contributed by atoms with Gasteiger partial charge in [-0.15, -0.1) is 0 Å². The third kappa shape index (κ3) is 1.48. The number of aromatic nitrogens is 1. The van der Waals surface area contributed by atoms with E-state index < -0.39 is 0 Å². The lowest BCUT2D eigenvalue weighted by Crippen LogP contribution is -2.15. The van der Waals surface area contributed by atoms with E-state index in [1.807, 2.05) is 0 Å². The predicted octanol–water partition coefficient (Wildman–Crippen LogP) is 0.939. The molecule has 0 aromatic carbocycles. The first-order valence-electron chi connectivity index (χ1n) is 4.55. The first kappa shape index (κ1) is 9.15. The van der Waals surface area contributed by atoms with Gasteiger partial charge in [-0.3, -0.25) is 4.79 Å². The average Bonchev–Trinajstić information content (AvgIpc) is 2.16.